The second-order valence-corrected chi connectivity index (χ2v) is 10.7. The Kier molecular flexibility index (Phi) is 6.12. The number of rotatable bonds is 6. The molecular weight excluding hydrogens is 532 g/mol. The predicted molar refractivity (Wildman–Crippen MR) is 154 cm³/mol. The molecular formula is C34H26N2O6. The Morgan fingerprint density at radius 1 is 0.738 bits per heavy atom. The van der Waals surface area contributed by atoms with Crippen LogP contribution < -0.4 is 15.0 Å². The number of methoxy groups -OCH3 is 1. The van der Waals surface area contributed by atoms with Crippen LogP contribution >= 0.6 is 0 Å². The average molecular weight is 559 g/mol. The smallest absolute Gasteiger partial charge is 0.340 e. The summed E-state index contributed by atoms with van der Waals surface area (Å²) < 4.78 is 10.5. The Labute approximate surface area is 241 Å². The van der Waals surface area contributed by atoms with E-state index in [2.05, 4.69) is 5.32 Å². The van der Waals surface area contributed by atoms with Gasteiger partial charge in [-0.25, -0.2) is 9.69 Å². The van der Waals surface area contributed by atoms with Crippen LogP contribution in [-0.4, -0.2) is 37.4 Å². The number of ether oxygens (including phenoxy) is 2. The van der Waals surface area contributed by atoms with Crippen molar-refractivity contribution in [2.45, 2.75) is 11.8 Å². The molecule has 208 valence electrons. The van der Waals surface area contributed by atoms with Crippen LogP contribution in [0, 0.1) is 11.8 Å². The fourth-order valence-corrected chi connectivity index (χ4v) is 6.86. The van der Waals surface area contributed by atoms with Crippen molar-refractivity contribution >= 4 is 35.1 Å². The third-order valence-electron chi connectivity index (χ3n) is 8.50. The van der Waals surface area contributed by atoms with Crippen molar-refractivity contribution in [3.63, 3.8) is 0 Å². The lowest BCUT2D eigenvalue weighted by Crippen LogP contribution is -2.41. The van der Waals surface area contributed by atoms with Gasteiger partial charge in [-0.1, -0.05) is 66.7 Å². The van der Waals surface area contributed by atoms with E-state index in [1.54, 1.807) is 42.5 Å². The Bertz CT molecular complexity index is 1670. The Balaban J connectivity index is 1.16. The maximum atomic E-state index is 14.1. The fraction of sp³-hybridized carbons (Fsp3) is 0.176. The third kappa shape index (κ3) is 3.90. The highest BCUT2D eigenvalue weighted by Gasteiger charge is 2.62. The van der Waals surface area contributed by atoms with Crippen LogP contribution in [0.1, 0.15) is 44.4 Å². The van der Waals surface area contributed by atoms with Gasteiger partial charge in [-0.2, -0.15) is 0 Å². The molecule has 0 saturated carbocycles. The molecule has 8 heteroatoms. The van der Waals surface area contributed by atoms with E-state index in [1.165, 1.54) is 13.2 Å². The standard InChI is InChI=1S/C34H26N2O6/c1-41-20-10-8-9-19(17-20)35-27(37)18-42-34(40)25-15-6-7-16-26(25)36-32(38)30-28-21-11-2-3-12-22(21)29(31(30)33(36)39)24-14-5-4-13-23(24)28/h2-17,28-31H,18H2,1H3,(H,35,37)/t28?,29?,30-,31-/m1/s1. The third-order valence-corrected chi connectivity index (χ3v) is 8.50. The zero-order valence-corrected chi connectivity index (χ0v) is 22.7. The summed E-state index contributed by atoms with van der Waals surface area (Å²) >= 11 is 0. The van der Waals surface area contributed by atoms with Gasteiger partial charge in [-0.3, -0.25) is 14.4 Å². The first-order valence-corrected chi connectivity index (χ1v) is 13.7. The molecule has 1 fully saturated rings. The van der Waals surface area contributed by atoms with Crippen molar-refractivity contribution in [3.8, 4) is 5.75 Å². The minimum Gasteiger partial charge on any atom is -0.497 e. The van der Waals surface area contributed by atoms with Gasteiger partial charge in [0.1, 0.15) is 5.75 Å². The van der Waals surface area contributed by atoms with Gasteiger partial charge in [0.2, 0.25) is 11.8 Å². The van der Waals surface area contributed by atoms with Gasteiger partial charge in [-0.15, -0.1) is 0 Å². The number of esters is 1. The zero-order chi connectivity index (χ0) is 29.0. The van der Waals surface area contributed by atoms with Crippen LogP contribution in [-0.2, 0) is 19.1 Å². The van der Waals surface area contributed by atoms with Gasteiger partial charge < -0.3 is 14.8 Å². The fourth-order valence-electron chi connectivity index (χ4n) is 6.86. The van der Waals surface area contributed by atoms with E-state index in [9.17, 15) is 19.2 Å². The molecule has 3 aliphatic carbocycles. The molecule has 3 amide bonds. The molecule has 2 bridgehead atoms. The number of nitrogens with zero attached hydrogens (tertiary/aromatic N) is 1. The number of hydrogen-bond donors (Lipinski definition) is 1. The first-order chi connectivity index (χ1) is 20.5. The number of amides is 3. The summed E-state index contributed by atoms with van der Waals surface area (Å²) in [4.78, 5) is 55.2. The lowest BCUT2D eigenvalue weighted by Gasteiger charge is -2.45. The zero-order valence-electron chi connectivity index (χ0n) is 22.7. The van der Waals surface area contributed by atoms with Gasteiger partial charge in [-0.05, 0) is 46.5 Å². The van der Waals surface area contributed by atoms with Crippen molar-refractivity contribution in [1.82, 2.24) is 0 Å². The van der Waals surface area contributed by atoms with E-state index in [4.69, 9.17) is 9.47 Å². The number of benzene rings is 4. The van der Waals surface area contributed by atoms with Crippen LogP contribution in [0.2, 0.25) is 0 Å². The summed E-state index contributed by atoms with van der Waals surface area (Å²) in [7, 11) is 1.52. The summed E-state index contributed by atoms with van der Waals surface area (Å²) in [6.45, 7) is -0.549. The van der Waals surface area contributed by atoms with Crippen LogP contribution in [0.4, 0.5) is 11.4 Å². The quantitative estimate of drug-likeness (QED) is 0.267. The molecule has 8 rings (SSSR count). The number of carbonyl (C=O) groups is 4. The molecule has 0 aromatic heterocycles. The van der Waals surface area contributed by atoms with Gasteiger partial charge >= 0.3 is 5.97 Å². The SMILES string of the molecule is COc1cccc(NC(=O)COC(=O)c2ccccc2N2C(=O)[C@@H]3C4c5ccccc5C(c5ccccc54)[C@H]3C2=O)c1. The normalized spacial score (nSPS) is 21.3. The van der Waals surface area contributed by atoms with Crippen molar-refractivity contribution in [2.75, 3.05) is 23.9 Å². The summed E-state index contributed by atoms with van der Waals surface area (Å²) in [6, 6.07) is 29.2. The maximum absolute atomic E-state index is 14.1. The molecule has 0 spiro atoms. The predicted octanol–water partition coefficient (Wildman–Crippen LogP) is 4.89. The monoisotopic (exact) mass is 558 g/mol. The van der Waals surface area contributed by atoms with E-state index in [0.29, 0.717) is 11.4 Å². The number of hydrogen-bond acceptors (Lipinski definition) is 6. The second-order valence-electron chi connectivity index (χ2n) is 10.7. The highest BCUT2D eigenvalue weighted by atomic mass is 16.5. The molecule has 2 atom stereocenters. The first kappa shape index (κ1) is 25.7. The van der Waals surface area contributed by atoms with Gasteiger partial charge in [0, 0.05) is 23.6 Å². The minimum absolute atomic E-state index is 0.0365. The van der Waals surface area contributed by atoms with E-state index >= 15 is 0 Å². The Morgan fingerprint density at radius 2 is 1.29 bits per heavy atom. The molecule has 1 aliphatic heterocycles. The van der Waals surface area contributed by atoms with E-state index in [1.807, 2.05) is 48.5 Å². The highest BCUT2D eigenvalue weighted by Crippen LogP contribution is 2.61. The molecule has 4 aromatic carbocycles. The largest absolute Gasteiger partial charge is 0.497 e. The number of nitrogens with one attached hydrogen (secondary N) is 1. The molecule has 1 saturated heterocycles. The number of imide groups is 1. The molecule has 0 unspecified atom stereocenters. The van der Waals surface area contributed by atoms with E-state index < -0.39 is 30.3 Å². The maximum Gasteiger partial charge on any atom is 0.340 e. The number of anilines is 2. The highest BCUT2D eigenvalue weighted by molar-refractivity contribution is 6.25. The summed E-state index contributed by atoms with van der Waals surface area (Å²) in [5.74, 6) is -3.12. The van der Waals surface area contributed by atoms with Crippen LogP contribution in [0.15, 0.2) is 97.1 Å². The van der Waals surface area contributed by atoms with Crippen LogP contribution in [0.5, 0.6) is 5.75 Å². The number of carbonyl (C=O) groups excluding carboxylic acids is 4. The molecule has 4 aromatic rings. The van der Waals surface area contributed by atoms with Crippen LogP contribution in [0.25, 0.3) is 0 Å². The average Bonchev–Trinajstić information content (AvgIpc) is 3.29. The Morgan fingerprint density at radius 3 is 1.86 bits per heavy atom. The topological polar surface area (TPSA) is 102 Å². The molecule has 1 N–H and O–H groups in total. The lowest BCUT2D eigenvalue weighted by atomic mass is 9.55. The van der Waals surface area contributed by atoms with E-state index in [-0.39, 0.29) is 34.9 Å². The van der Waals surface area contributed by atoms with Gasteiger partial charge in [0.25, 0.3) is 5.91 Å². The van der Waals surface area contributed by atoms with Crippen molar-refractivity contribution in [2.24, 2.45) is 11.8 Å². The van der Waals surface area contributed by atoms with Gasteiger partial charge in [0.15, 0.2) is 6.61 Å². The molecule has 1 heterocycles. The van der Waals surface area contributed by atoms with Crippen molar-refractivity contribution in [3.05, 3.63) is 125 Å². The summed E-state index contributed by atoms with van der Waals surface area (Å²) in [5, 5.41) is 2.66. The van der Waals surface area contributed by atoms with Crippen LogP contribution in [0.3, 0.4) is 0 Å². The Hall–Kier alpha value is -5.24. The lowest BCUT2D eigenvalue weighted by molar-refractivity contribution is -0.122. The summed E-state index contributed by atoms with van der Waals surface area (Å²) in [6.07, 6.45) is 0. The van der Waals surface area contributed by atoms with Crippen molar-refractivity contribution < 1.29 is 28.7 Å². The molecule has 4 aliphatic rings. The van der Waals surface area contributed by atoms with E-state index in [0.717, 1.165) is 27.2 Å². The summed E-state index contributed by atoms with van der Waals surface area (Å²) in [5.41, 5.74) is 4.96. The second kappa shape index (κ2) is 9.99. The molecule has 8 nitrogen and oxygen atoms in total. The number of para-hydroxylation sites is 1. The molecule has 0 radical (unpaired) electrons. The minimum atomic E-state index is -0.809. The molecule has 42 heavy (non-hydrogen) atoms. The van der Waals surface area contributed by atoms with Gasteiger partial charge in [0.05, 0.1) is 30.2 Å². The first-order valence-electron chi connectivity index (χ1n) is 13.7. The van der Waals surface area contributed by atoms with Crippen molar-refractivity contribution in [1.29, 1.82) is 0 Å².